The van der Waals surface area contributed by atoms with Crippen molar-refractivity contribution in [1.82, 2.24) is 4.90 Å². The molecule has 1 aliphatic heterocycles. The van der Waals surface area contributed by atoms with Crippen LogP contribution in [0, 0.1) is 0 Å². The Morgan fingerprint density at radius 3 is 2.73 bits per heavy atom. The summed E-state index contributed by atoms with van der Waals surface area (Å²) in [5.74, 6) is -0.954. The zero-order valence-electron chi connectivity index (χ0n) is 8.94. The topological polar surface area (TPSA) is 66.8 Å². The smallest absolute Gasteiger partial charge is 0.305 e. The van der Waals surface area contributed by atoms with Crippen LogP contribution in [0.15, 0.2) is 0 Å². The number of nitrogens with zero attached hydrogens (tertiary/aromatic N) is 1. The van der Waals surface area contributed by atoms with E-state index in [-0.39, 0.29) is 25.0 Å². The molecule has 1 aliphatic rings. The van der Waals surface area contributed by atoms with Crippen LogP contribution >= 0.6 is 0 Å². The minimum Gasteiger partial charge on any atom is -0.481 e. The third kappa shape index (κ3) is 3.51. The quantitative estimate of drug-likeness (QED) is 0.724. The number of likely N-dealkylation sites (N-methyl/N-ethyl adjacent to an activating group) is 1. The Morgan fingerprint density at radius 2 is 2.27 bits per heavy atom. The van der Waals surface area contributed by atoms with Crippen LogP contribution < -0.4 is 0 Å². The van der Waals surface area contributed by atoms with Crippen molar-refractivity contribution < 1.29 is 19.4 Å². The van der Waals surface area contributed by atoms with Crippen LogP contribution in [0.5, 0.6) is 0 Å². The second kappa shape index (κ2) is 5.70. The minimum atomic E-state index is -0.881. The van der Waals surface area contributed by atoms with Crippen molar-refractivity contribution in [3.8, 4) is 0 Å². The number of aliphatic carboxylic acids is 1. The first-order chi connectivity index (χ1) is 7.15. The molecular formula is C10H17NO4. The van der Waals surface area contributed by atoms with Crippen LogP contribution in [0.2, 0.25) is 0 Å². The van der Waals surface area contributed by atoms with Crippen LogP contribution in [-0.2, 0) is 14.3 Å². The molecule has 5 nitrogen and oxygen atoms in total. The molecule has 86 valence electrons. The maximum atomic E-state index is 11.8. The molecule has 1 unspecified atom stereocenters. The van der Waals surface area contributed by atoms with Gasteiger partial charge in [-0.05, 0) is 19.8 Å². The highest BCUT2D eigenvalue weighted by Crippen LogP contribution is 2.14. The summed E-state index contributed by atoms with van der Waals surface area (Å²) in [6, 6.07) is 0. The van der Waals surface area contributed by atoms with Gasteiger partial charge < -0.3 is 14.7 Å². The second-order valence-corrected chi connectivity index (χ2v) is 3.56. The van der Waals surface area contributed by atoms with Gasteiger partial charge in [0.25, 0.3) is 5.91 Å². The van der Waals surface area contributed by atoms with E-state index in [1.165, 1.54) is 0 Å². The van der Waals surface area contributed by atoms with E-state index in [2.05, 4.69) is 0 Å². The first-order valence-corrected chi connectivity index (χ1v) is 5.27. The zero-order valence-corrected chi connectivity index (χ0v) is 8.94. The van der Waals surface area contributed by atoms with Crippen molar-refractivity contribution in [2.75, 3.05) is 19.7 Å². The van der Waals surface area contributed by atoms with Crippen LogP contribution in [0.25, 0.3) is 0 Å². The van der Waals surface area contributed by atoms with Gasteiger partial charge in [-0.3, -0.25) is 9.59 Å². The highest BCUT2D eigenvalue weighted by Gasteiger charge is 2.27. The van der Waals surface area contributed by atoms with Crippen LogP contribution in [0.1, 0.15) is 26.2 Å². The summed E-state index contributed by atoms with van der Waals surface area (Å²) in [5, 5.41) is 8.54. The molecule has 0 aliphatic carbocycles. The van der Waals surface area contributed by atoms with Gasteiger partial charge in [-0.15, -0.1) is 0 Å². The molecule has 1 saturated heterocycles. The van der Waals surface area contributed by atoms with Crippen molar-refractivity contribution in [3.63, 3.8) is 0 Å². The second-order valence-electron chi connectivity index (χ2n) is 3.56. The van der Waals surface area contributed by atoms with E-state index in [9.17, 15) is 9.59 Å². The van der Waals surface area contributed by atoms with Gasteiger partial charge in [0.05, 0.1) is 6.42 Å². The van der Waals surface area contributed by atoms with E-state index in [0.717, 1.165) is 12.8 Å². The molecule has 0 aromatic carbocycles. The summed E-state index contributed by atoms with van der Waals surface area (Å²) in [6.07, 6.45) is 1.31. The number of carboxylic acid groups (broad SMARTS) is 1. The van der Waals surface area contributed by atoms with E-state index < -0.39 is 5.97 Å². The predicted molar refractivity (Wildman–Crippen MR) is 53.5 cm³/mol. The molecule has 0 aromatic heterocycles. The number of carbonyl (C=O) groups excluding carboxylic acids is 1. The zero-order chi connectivity index (χ0) is 11.3. The van der Waals surface area contributed by atoms with E-state index in [1.54, 1.807) is 4.90 Å². The standard InChI is InChI=1S/C10H17NO4/c1-2-11(6-5-9(12)13)10(14)8-4-3-7-15-8/h8H,2-7H2,1H3,(H,12,13). The van der Waals surface area contributed by atoms with Gasteiger partial charge in [0.1, 0.15) is 6.10 Å². The molecule has 1 rings (SSSR count). The van der Waals surface area contributed by atoms with Crippen molar-refractivity contribution in [2.24, 2.45) is 0 Å². The fraction of sp³-hybridized carbons (Fsp3) is 0.800. The molecule has 0 aromatic rings. The highest BCUT2D eigenvalue weighted by molar-refractivity contribution is 5.81. The molecule has 1 amide bonds. The average Bonchev–Trinajstić information content (AvgIpc) is 2.70. The number of amides is 1. The normalized spacial score (nSPS) is 20.2. The number of carboxylic acids is 1. The summed E-state index contributed by atoms with van der Waals surface area (Å²) < 4.78 is 5.27. The Balaban J connectivity index is 2.42. The first-order valence-electron chi connectivity index (χ1n) is 5.27. The lowest BCUT2D eigenvalue weighted by molar-refractivity contribution is -0.142. The minimum absolute atomic E-state index is 0.00764. The molecule has 1 heterocycles. The summed E-state index contributed by atoms with van der Waals surface area (Å²) in [7, 11) is 0. The lowest BCUT2D eigenvalue weighted by atomic mass is 10.2. The molecule has 0 bridgehead atoms. The fourth-order valence-corrected chi connectivity index (χ4v) is 1.63. The Labute approximate surface area is 89.0 Å². The molecular weight excluding hydrogens is 198 g/mol. The van der Waals surface area contributed by atoms with Crippen LogP contribution in [0.3, 0.4) is 0 Å². The maximum absolute atomic E-state index is 11.8. The summed E-state index contributed by atoms with van der Waals surface area (Å²) in [4.78, 5) is 23.7. The van der Waals surface area contributed by atoms with Gasteiger partial charge >= 0.3 is 5.97 Å². The Bertz CT molecular complexity index is 236. The average molecular weight is 215 g/mol. The van der Waals surface area contributed by atoms with Gasteiger partial charge in [0.2, 0.25) is 0 Å². The number of hydrogen-bond donors (Lipinski definition) is 1. The summed E-state index contributed by atoms with van der Waals surface area (Å²) in [5.41, 5.74) is 0. The molecule has 1 atom stereocenters. The number of ether oxygens (including phenoxy) is 1. The first kappa shape index (κ1) is 12.0. The lowest BCUT2D eigenvalue weighted by Gasteiger charge is -2.22. The van der Waals surface area contributed by atoms with Crippen molar-refractivity contribution >= 4 is 11.9 Å². The lowest BCUT2D eigenvalue weighted by Crippen LogP contribution is -2.39. The van der Waals surface area contributed by atoms with Gasteiger partial charge in [0, 0.05) is 19.7 Å². The number of carbonyl (C=O) groups is 2. The summed E-state index contributed by atoms with van der Waals surface area (Å²) in [6.45, 7) is 3.28. The Kier molecular flexibility index (Phi) is 4.55. The van der Waals surface area contributed by atoms with Crippen LogP contribution in [-0.4, -0.2) is 47.7 Å². The van der Waals surface area contributed by atoms with Gasteiger partial charge in [-0.25, -0.2) is 0 Å². The number of hydrogen-bond acceptors (Lipinski definition) is 3. The highest BCUT2D eigenvalue weighted by atomic mass is 16.5. The Hall–Kier alpha value is -1.10. The summed E-state index contributed by atoms with van der Waals surface area (Å²) >= 11 is 0. The molecule has 5 heteroatoms. The van der Waals surface area contributed by atoms with E-state index in [4.69, 9.17) is 9.84 Å². The van der Waals surface area contributed by atoms with Crippen molar-refractivity contribution in [3.05, 3.63) is 0 Å². The van der Waals surface area contributed by atoms with E-state index >= 15 is 0 Å². The third-order valence-electron chi connectivity index (χ3n) is 2.49. The monoisotopic (exact) mass is 215 g/mol. The fourth-order valence-electron chi connectivity index (χ4n) is 1.63. The molecule has 0 radical (unpaired) electrons. The predicted octanol–water partition coefficient (Wildman–Crippen LogP) is 0.489. The SMILES string of the molecule is CCN(CCC(=O)O)C(=O)C1CCCO1. The van der Waals surface area contributed by atoms with Gasteiger partial charge in [0.15, 0.2) is 0 Å². The van der Waals surface area contributed by atoms with Crippen molar-refractivity contribution in [2.45, 2.75) is 32.3 Å². The van der Waals surface area contributed by atoms with Gasteiger partial charge in [-0.1, -0.05) is 0 Å². The molecule has 1 N–H and O–H groups in total. The molecule has 15 heavy (non-hydrogen) atoms. The largest absolute Gasteiger partial charge is 0.481 e. The third-order valence-corrected chi connectivity index (χ3v) is 2.49. The van der Waals surface area contributed by atoms with E-state index in [0.29, 0.717) is 13.2 Å². The molecule has 0 saturated carbocycles. The van der Waals surface area contributed by atoms with Crippen LogP contribution in [0.4, 0.5) is 0 Å². The van der Waals surface area contributed by atoms with Crippen molar-refractivity contribution in [1.29, 1.82) is 0 Å². The Morgan fingerprint density at radius 1 is 1.53 bits per heavy atom. The van der Waals surface area contributed by atoms with E-state index in [1.807, 2.05) is 6.92 Å². The maximum Gasteiger partial charge on any atom is 0.305 e. The molecule has 0 spiro atoms. The van der Waals surface area contributed by atoms with Gasteiger partial charge in [-0.2, -0.15) is 0 Å². The number of rotatable bonds is 5. The molecule has 1 fully saturated rings.